The summed E-state index contributed by atoms with van der Waals surface area (Å²) in [5.41, 5.74) is 0. The molecule has 0 spiro atoms. The van der Waals surface area contributed by atoms with Crippen molar-refractivity contribution in [1.82, 2.24) is 0 Å². The van der Waals surface area contributed by atoms with Crippen LogP contribution in [-0.2, 0) is 23.7 Å². The molecule has 0 amide bonds. The van der Waals surface area contributed by atoms with Gasteiger partial charge in [-0.3, -0.25) is 4.79 Å². The Morgan fingerprint density at radius 3 is 2.70 bits per heavy atom. The zero-order chi connectivity index (χ0) is 14.8. The summed E-state index contributed by atoms with van der Waals surface area (Å²) in [4.78, 5) is 11.9. The number of hydrogen-bond acceptors (Lipinski definition) is 5. The lowest BCUT2D eigenvalue weighted by Gasteiger charge is -2.15. The van der Waals surface area contributed by atoms with Crippen molar-refractivity contribution in [2.24, 2.45) is 5.92 Å². The number of esters is 1. The molecule has 1 saturated carbocycles. The van der Waals surface area contributed by atoms with E-state index in [0.717, 1.165) is 19.3 Å². The summed E-state index contributed by atoms with van der Waals surface area (Å²) in [7, 11) is 1.68. The Morgan fingerprint density at radius 2 is 2.00 bits per heavy atom. The molecule has 0 aromatic carbocycles. The lowest BCUT2D eigenvalue weighted by Crippen LogP contribution is -2.21. The number of methoxy groups -OCH3 is 1. The zero-order valence-electron chi connectivity index (χ0n) is 12.3. The van der Waals surface area contributed by atoms with Gasteiger partial charge in [0.05, 0.1) is 31.8 Å². The van der Waals surface area contributed by atoms with Crippen molar-refractivity contribution in [2.45, 2.75) is 37.1 Å². The van der Waals surface area contributed by atoms with Gasteiger partial charge in [0, 0.05) is 25.2 Å². The van der Waals surface area contributed by atoms with Gasteiger partial charge in [-0.05, 0) is 26.2 Å². The quantitative estimate of drug-likeness (QED) is 0.342. The van der Waals surface area contributed by atoms with E-state index in [1.54, 1.807) is 7.11 Å². The molecule has 0 heterocycles. The number of rotatable bonds is 10. The minimum Gasteiger partial charge on any atom is -0.466 e. The van der Waals surface area contributed by atoms with Crippen molar-refractivity contribution >= 4 is 21.9 Å². The number of carbonyl (C=O) groups is 1. The van der Waals surface area contributed by atoms with Crippen LogP contribution in [0.3, 0.4) is 0 Å². The van der Waals surface area contributed by atoms with Gasteiger partial charge in [0.15, 0.2) is 0 Å². The highest BCUT2D eigenvalue weighted by atomic mass is 79.9. The maximum absolute atomic E-state index is 11.7. The topological polar surface area (TPSA) is 54.0 Å². The van der Waals surface area contributed by atoms with Crippen LogP contribution in [0, 0.1) is 5.92 Å². The summed E-state index contributed by atoms with van der Waals surface area (Å²) in [5.74, 6) is -0.161. The fraction of sp³-hybridized carbons (Fsp3) is 0.929. The average molecular weight is 353 g/mol. The molecule has 0 aromatic heterocycles. The summed E-state index contributed by atoms with van der Waals surface area (Å²) < 4.78 is 21.2. The van der Waals surface area contributed by atoms with Crippen LogP contribution in [0.15, 0.2) is 0 Å². The SMILES string of the molecule is CCOC(=O)C1CC(Br)C(OCCOCCCOC)C1. The van der Waals surface area contributed by atoms with Crippen LogP contribution in [0.1, 0.15) is 26.2 Å². The predicted molar refractivity (Wildman–Crippen MR) is 79.1 cm³/mol. The molecule has 6 heteroatoms. The third kappa shape index (κ3) is 6.52. The summed E-state index contributed by atoms with van der Waals surface area (Å²) in [6.07, 6.45) is 2.45. The lowest BCUT2D eigenvalue weighted by molar-refractivity contribution is -0.148. The van der Waals surface area contributed by atoms with Crippen LogP contribution in [0.4, 0.5) is 0 Å². The number of alkyl halides is 1. The fourth-order valence-corrected chi connectivity index (χ4v) is 3.06. The first-order valence-electron chi connectivity index (χ1n) is 7.18. The molecule has 1 aliphatic rings. The molecule has 20 heavy (non-hydrogen) atoms. The Balaban J connectivity index is 2.10. The monoisotopic (exact) mass is 352 g/mol. The first kappa shape index (κ1) is 17.9. The fourth-order valence-electron chi connectivity index (χ4n) is 2.24. The normalized spacial score (nSPS) is 25.9. The van der Waals surface area contributed by atoms with Gasteiger partial charge in [-0.1, -0.05) is 15.9 Å². The molecule has 0 bridgehead atoms. The molecule has 5 nitrogen and oxygen atoms in total. The second-order valence-corrected chi connectivity index (χ2v) is 5.98. The number of halogens is 1. The predicted octanol–water partition coefficient (Wildman–Crippen LogP) is 2.16. The highest BCUT2D eigenvalue weighted by Gasteiger charge is 2.37. The van der Waals surface area contributed by atoms with Gasteiger partial charge in [-0.2, -0.15) is 0 Å². The Kier molecular flexibility index (Phi) is 9.42. The van der Waals surface area contributed by atoms with Crippen molar-refractivity contribution in [3.05, 3.63) is 0 Å². The van der Waals surface area contributed by atoms with Crippen molar-refractivity contribution < 1.29 is 23.7 Å². The van der Waals surface area contributed by atoms with E-state index in [4.69, 9.17) is 18.9 Å². The first-order valence-corrected chi connectivity index (χ1v) is 8.09. The van der Waals surface area contributed by atoms with E-state index < -0.39 is 0 Å². The highest BCUT2D eigenvalue weighted by Crippen LogP contribution is 2.34. The molecule has 1 rings (SSSR count). The molecular formula is C14H25BrO5. The largest absolute Gasteiger partial charge is 0.466 e. The average Bonchev–Trinajstić information content (AvgIpc) is 2.80. The molecule has 0 aliphatic heterocycles. The van der Waals surface area contributed by atoms with Gasteiger partial charge in [-0.15, -0.1) is 0 Å². The first-order chi connectivity index (χ1) is 9.69. The standard InChI is InChI=1S/C14H25BrO5/c1-3-19-14(16)11-9-12(15)13(10-11)20-8-7-18-6-4-5-17-2/h11-13H,3-10H2,1-2H3. The molecule has 118 valence electrons. The van der Waals surface area contributed by atoms with Crippen LogP contribution in [-0.4, -0.2) is 57.0 Å². The molecule has 1 fully saturated rings. The molecule has 3 unspecified atom stereocenters. The van der Waals surface area contributed by atoms with Gasteiger partial charge in [0.2, 0.25) is 0 Å². The van der Waals surface area contributed by atoms with Gasteiger partial charge >= 0.3 is 5.97 Å². The number of carbonyl (C=O) groups excluding carboxylic acids is 1. The van der Waals surface area contributed by atoms with E-state index in [1.807, 2.05) is 6.92 Å². The maximum atomic E-state index is 11.7. The van der Waals surface area contributed by atoms with E-state index in [0.29, 0.717) is 33.0 Å². The third-order valence-corrected chi connectivity index (χ3v) is 4.21. The molecule has 0 saturated heterocycles. The van der Waals surface area contributed by atoms with E-state index in [2.05, 4.69) is 15.9 Å². The van der Waals surface area contributed by atoms with Gasteiger partial charge < -0.3 is 18.9 Å². The van der Waals surface area contributed by atoms with Crippen LogP contribution < -0.4 is 0 Å². The molecule has 0 N–H and O–H groups in total. The number of hydrogen-bond donors (Lipinski definition) is 0. The Hall–Kier alpha value is -0.170. The lowest BCUT2D eigenvalue weighted by atomic mass is 10.1. The maximum Gasteiger partial charge on any atom is 0.309 e. The smallest absolute Gasteiger partial charge is 0.309 e. The minimum absolute atomic E-state index is 0.0491. The summed E-state index contributed by atoms with van der Waals surface area (Å²) in [6, 6.07) is 0. The van der Waals surface area contributed by atoms with Gasteiger partial charge in [0.1, 0.15) is 0 Å². The van der Waals surface area contributed by atoms with Crippen molar-refractivity contribution in [1.29, 1.82) is 0 Å². The van der Waals surface area contributed by atoms with E-state index in [-0.39, 0.29) is 22.8 Å². The van der Waals surface area contributed by atoms with E-state index in [9.17, 15) is 4.79 Å². The van der Waals surface area contributed by atoms with Crippen LogP contribution in [0.25, 0.3) is 0 Å². The highest BCUT2D eigenvalue weighted by molar-refractivity contribution is 9.09. The zero-order valence-corrected chi connectivity index (χ0v) is 13.9. The van der Waals surface area contributed by atoms with Crippen LogP contribution >= 0.6 is 15.9 Å². The van der Waals surface area contributed by atoms with Crippen LogP contribution in [0.5, 0.6) is 0 Å². The van der Waals surface area contributed by atoms with Gasteiger partial charge in [-0.25, -0.2) is 0 Å². The van der Waals surface area contributed by atoms with Crippen LogP contribution in [0.2, 0.25) is 0 Å². The van der Waals surface area contributed by atoms with Crippen molar-refractivity contribution in [3.63, 3.8) is 0 Å². The minimum atomic E-state index is -0.112. The number of ether oxygens (including phenoxy) is 4. The Morgan fingerprint density at radius 1 is 1.20 bits per heavy atom. The molecule has 3 atom stereocenters. The second-order valence-electron chi connectivity index (χ2n) is 4.80. The Labute approximate surface area is 129 Å². The van der Waals surface area contributed by atoms with E-state index >= 15 is 0 Å². The van der Waals surface area contributed by atoms with Crippen molar-refractivity contribution in [3.8, 4) is 0 Å². The molecule has 0 radical (unpaired) electrons. The van der Waals surface area contributed by atoms with E-state index in [1.165, 1.54) is 0 Å². The Bertz CT molecular complexity index is 274. The second kappa shape index (κ2) is 10.5. The summed E-state index contributed by atoms with van der Waals surface area (Å²) in [5, 5.41) is 0. The molecular weight excluding hydrogens is 328 g/mol. The molecule has 1 aliphatic carbocycles. The summed E-state index contributed by atoms with van der Waals surface area (Å²) >= 11 is 3.58. The van der Waals surface area contributed by atoms with Gasteiger partial charge in [0.25, 0.3) is 0 Å². The summed E-state index contributed by atoms with van der Waals surface area (Å²) in [6.45, 7) is 4.79. The third-order valence-electron chi connectivity index (χ3n) is 3.25. The van der Waals surface area contributed by atoms with Crippen molar-refractivity contribution in [2.75, 3.05) is 40.1 Å². The molecule has 0 aromatic rings.